The number of hydrogen-bond donors (Lipinski definition) is 1. The number of piperazine rings is 1. The lowest BCUT2D eigenvalue weighted by Crippen LogP contribution is -2.48. The molecule has 0 saturated carbocycles. The van der Waals surface area contributed by atoms with Crippen LogP contribution >= 0.6 is 11.3 Å². The Labute approximate surface area is 202 Å². The molecule has 0 spiro atoms. The van der Waals surface area contributed by atoms with Gasteiger partial charge in [0.25, 0.3) is 0 Å². The molecule has 1 fully saturated rings. The largest absolute Gasteiger partial charge is 0.325 e. The van der Waals surface area contributed by atoms with E-state index in [-0.39, 0.29) is 11.7 Å². The van der Waals surface area contributed by atoms with Gasteiger partial charge in [-0.05, 0) is 66.6 Å². The number of fused-ring (bicyclic) bond motifs is 1. The van der Waals surface area contributed by atoms with Gasteiger partial charge in [0.2, 0.25) is 5.91 Å². The normalized spacial score (nSPS) is 15.0. The average molecular weight is 475 g/mol. The van der Waals surface area contributed by atoms with Gasteiger partial charge >= 0.3 is 0 Å². The maximum absolute atomic E-state index is 13.4. The van der Waals surface area contributed by atoms with Crippen LogP contribution in [0.4, 0.5) is 10.1 Å². The summed E-state index contributed by atoms with van der Waals surface area (Å²) in [6.45, 7) is 6.55. The monoisotopic (exact) mass is 474 g/mol. The van der Waals surface area contributed by atoms with Crippen molar-refractivity contribution in [2.45, 2.75) is 13.5 Å². The molecule has 5 rings (SSSR count). The van der Waals surface area contributed by atoms with Crippen LogP contribution in [0.5, 0.6) is 0 Å². The third-order valence-electron chi connectivity index (χ3n) is 6.09. The van der Waals surface area contributed by atoms with Gasteiger partial charge in [-0.3, -0.25) is 14.6 Å². The molecule has 0 atom stereocenters. The number of amides is 1. The number of halogens is 1. The topological polar surface area (TPSA) is 48.5 Å². The van der Waals surface area contributed by atoms with Crippen molar-refractivity contribution in [3.8, 4) is 10.6 Å². The standard InChI is InChI=1S/C27H27FN4OS/c1-19-5-10-24-25(15-19)34-27(30-24)21-6-8-23(9-7-21)29-26(33)18-32-13-11-31(12-14-32)17-20-3-2-4-22(28)16-20/h2-10,15-16H,11-14,17-18H2,1H3,(H,29,33). The Morgan fingerprint density at radius 3 is 2.53 bits per heavy atom. The van der Waals surface area contributed by atoms with Crippen molar-refractivity contribution in [2.75, 3.05) is 38.0 Å². The van der Waals surface area contributed by atoms with Crippen molar-refractivity contribution in [2.24, 2.45) is 0 Å². The number of carbonyl (C=O) groups excluding carboxylic acids is 1. The minimum Gasteiger partial charge on any atom is -0.325 e. The summed E-state index contributed by atoms with van der Waals surface area (Å²) in [6.07, 6.45) is 0. The number of thiazole rings is 1. The van der Waals surface area contributed by atoms with E-state index in [9.17, 15) is 9.18 Å². The summed E-state index contributed by atoms with van der Waals surface area (Å²) in [6, 6.07) is 20.9. The van der Waals surface area contributed by atoms with Gasteiger partial charge in [0, 0.05) is 44.0 Å². The molecular formula is C27H27FN4OS. The molecule has 0 radical (unpaired) electrons. The highest BCUT2D eigenvalue weighted by atomic mass is 32.1. The van der Waals surface area contributed by atoms with E-state index in [0.29, 0.717) is 6.54 Å². The van der Waals surface area contributed by atoms with Crippen LogP contribution in [0.15, 0.2) is 66.7 Å². The number of nitrogens with one attached hydrogen (secondary N) is 1. The zero-order valence-electron chi connectivity index (χ0n) is 19.1. The number of hydrogen-bond acceptors (Lipinski definition) is 5. The van der Waals surface area contributed by atoms with E-state index in [0.717, 1.165) is 60.1 Å². The van der Waals surface area contributed by atoms with E-state index in [2.05, 4.69) is 40.2 Å². The Hall–Kier alpha value is -3.13. The van der Waals surface area contributed by atoms with Crippen molar-refractivity contribution in [1.82, 2.24) is 14.8 Å². The molecule has 34 heavy (non-hydrogen) atoms. The van der Waals surface area contributed by atoms with Crippen molar-refractivity contribution < 1.29 is 9.18 Å². The Morgan fingerprint density at radius 1 is 1.00 bits per heavy atom. The molecule has 0 unspecified atom stereocenters. The van der Waals surface area contributed by atoms with Crippen molar-refractivity contribution in [1.29, 1.82) is 0 Å². The van der Waals surface area contributed by atoms with Crippen LogP contribution in [-0.2, 0) is 11.3 Å². The maximum atomic E-state index is 13.4. The number of nitrogens with zero attached hydrogens (tertiary/aromatic N) is 3. The van der Waals surface area contributed by atoms with E-state index in [4.69, 9.17) is 4.98 Å². The summed E-state index contributed by atoms with van der Waals surface area (Å²) in [4.78, 5) is 21.8. The van der Waals surface area contributed by atoms with Crippen LogP contribution in [0, 0.1) is 12.7 Å². The molecule has 174 valence electrons. The Balaban J connectivity index is 1.11. The average Bonchev–Trinajstić information content (AvgIpc) is 3.24. The minimum absolute atomic E-state index is 0.0122. The predicted octanol–water partition coefficient (Wildman–Crippen LogP) is 5.17. The number of anilines is 1. The second-order valence-electron chi connectivity index (χ2n) is 8.80. The summed E-state index contributed by atoms with van der Waals surface area (Å²) in [7, 11) is 0. The Kier molecular flexibility index (Phi) is 6.67. The van der Waals surface area contributed by atoms with Gasteiger partial charge in [0.1, 0.15) is 10.8 Å². The molecule has 1 aliphatic heterocycles. The summed E-state index contributed by atoms with van der Waals surface area (Å²) >= 11 is 1.68. The second-order valence-corrected chi connectivity index (χ2v) is 9.83. The van der Waals surface area contributed by atoms with Crippen molar-refractivity contribution in [3.05, 3.63) is 83.7 Å². The van der Waals surface area contributed by atoms with E-state index in [1.165, 1.54) is 16.3 Å². The molecule has 5 nitrogen and oxygen atoms in total. The van der Waals surface area contributed by atoms with Crippen molar-refractivity contribution in [3.63, 3.8) is 0 Å². The lowest BCUT2D eigenvalue weighted by Gasteiger charge is -2.34. The van der Waals surface area contributed by atoms with Gasteiger partial charge < -0.3 is 5.32 Å². The molecule has 1 saturated heterocycles. The fourth-order valence-electron chi connectivity index (χ4n) is 4.25. The third kappa shape index (κ3) is 5.50. The molecule has 1 aliphatic rings. The SMILES string of the molecule is Cc1ccc2nc(-c3ccc(NC(=O)CN4CCN(Cc5cccc(F)c5)CC4)cc3)sc2c1. The van der Waals surface area contributed by atoms with Gasteiger partial charge in [0.15, 0.2) is 0 Å². The van der Waals surface area contributed by atoms with Crippen molar-refractivity contribution >= 4 is 33.1 Å². The molecule has 7 heteroatoms. The van der Waals surface area contributed by atoms with E-state index < -0.39 is 0 Å². The summed E-state index contributed by atoms with van der Waals surface area (Å²) < 4.78 is 14.6. The Morgan fingerprint density at radius 2 is 1.76 bits per heavy atom. The number of benzene rings is 3. The third-order valence-corrected chi connectivity index (χ3v) is 7.15. The van der Waals surface area contributed by atoms with E-state index in [1.807, 2.05) is 30.3 Å². The molecule has 4 aromatic rings. The van der Waals surface area contributed by atoms with Crippen LogP contribution in [-0.4, -0.2) is 53.4 Å². The molecule has 1 amide bonds. The van der Waals surface area contributed by atoms with Crippen LogP contribution in [0.2, 0.25) is 0 Å². The zero-order valence-corrected chi connectivity index (χ0v) is 19.9. The highest BCUT2D eigenvalue weighted by Gasteiger charge is 2.19. The van der Waals surface area contributed by atoms with Crippen LogP contribution in [0.25, 0.3) is 20.8 Å². The molecule has 1 N–H and O–H groups in total. The Bertz CT molecular complexity index is 1300. The molecule has 0 bridgehead atoms. The highest BCUT2D eigenvalue weighted by Crippen LogP contribution is 2.31. The summed E-state index contributed by atoms with van der Waals surface area (Å²) in [5.74, 6) is -0.210. The van der Waals surface area contributed by atoms with Gasteiger partial charge in [-0.25, -0.2) is 9.37 Å². The number of rotatable bonds is 6. The summed E-state index contributed by atoms with van der Waals surface area (Å²) in [5, 5.41) is 3.99. The number of aromatic nitrogens is 1. The first-order valence-corrected chi connectivity index (χ1v) is 12.3. The zero-order chi connectivity index (χ0) is 23.5. The van der Waals surface area contributed by atoms with E-state index in [1.54, 1.807) is 23.5 Å². The smallest absolute Gasteiger partial charge is 0.238 e. The first-order chi connectivity index (χ1) is 16.5. The first kappa shape index (κ1) is 22.7. The first-order valence-electron chi connectivity index (χ1n) is 11.5. The fraction of sp³-hybridized carbons (Fsp3) is 0.259. The molecule has 3 aromatic carbocycles. The van der Waals surface area contributed by atoms with Crippen LogP contribution in [0.1, 0.15) is 11.1 Å². The summed E-state index contributed by atoms with van der Waals surface area (Å²) in [5.41, 5.74) is 5.06. The molecule has 2 heterocycles. The molecule has 1 aromatic heterocycles. The van der Waals surface area contributed by atoms with Gasteiger partial charge in [-0.15, -0.1) is 11.3 Å². The van der Waals surface area contributed by atoms with Gasteiger partial charge in [-0.1, -0.05) is 18.2 Å². The molecule has 0 aliphatic carbocycles. The van der Waals surface area contributed by atoms with E-state index >= 15 is 0 Å². The maximum Gasteiger partial charge on any atom is 0.238 e. The second kappa shape index (κ2) is 10.0. The lowest BCUT2D eigenvalue weighted by molar-refractivity contribution is -0.117. The predicted molar refractivity (Wildman–Crippen MR) is 137 cm³/mol. The van der Waals surface area contributed by atoms with Gasteiger partial charge in [-0.2, -0.15) is 0 Å². The minimum atomic E-state index is -0.198. The lowest BCUT2D eigenvalue weighted by atomic mass is 10.2. The fourth-order valence-corrected chi connectivity index (χ4v) is 5.32. The number of carbonyl (C=O) groups is 1. The van der Waals surface area contributed by atoms with Crippen LogP contribution in [0.3, 0.4) is 0 Å². The number of aryl methyl sites for hydroxylation is 1. The quantitative estimate of drug-likeness (QED) is 0.419. The molecular weight excluding hydrogens is 447 g/mol. The van der Waals surface area contributed by atoms with Crippen LogP contribution < -0.4 is 5.32 Å². The van der Waals surface area contributed by atoms with Gasteiger partial charge in [0.05, 0.1) is 16.8 Å². The highest BCUT2D eigenvalue weighted by molar-refractivity contribution is 7.21.